The van der Waals surface area contributed by atoms with E-state index in [2.05, 4.69) is 22.4 Å². The van der Waals surface area contributed by atoms with E-state index in [-0.39, 0.29) is 35.7 Å². The van der Waals surface area contributed by atoms with Crippen molar-refractivity contribution in [3.8, 4) is 0 Å². The minimum Gasteiger partial charge on any atom is -0.355 e. The Kier molecular flexibility index (Phi) is 5.58. The summed E-state index contributed by atoms with van der Waals surface area (Å²) >= 11 is 0. The SMILES string of the molecule is C[C@H](CNC(=O)[C@@H]1CC(=O)N(C(C)(C)C)[C@@H]1c1cnn(C)c1)Cn1cccn1. The zero-order chi connectivity index (χ0) is 20.5. The van der Waals surface area contributed by atoms with Gasteiger partial charge in [0.05, 0.1) is 18.2 Å². The first-order chi connectivity index (χ1) is 13.2. The average molecular weight is 387 g/mol. The number of likely N-dealkylation sites (tertiary alicyclic amines) is 1. The Hall–Kier alpha value is -2.64. The van der Waals surface area contributed by atoms with Gasteiger partial charge in [-0.1, -0.05) is 6.92 Å². The van der Waals surface area contributed by atoms with E-state index in [1.54, 1.807) is 17.1 Å². The van der Waals surface area contributed by atoms with Gasteiger partial charge in [0.1, 0.15) is 0 Å². The van der Waals surface area contributed by atoms with Crippen LogP contribution in [0.1, 0.15) is 45.7 Å². The van der Waals surface area contributed by atoms with Gasteiger partial charge >= 0.3 is 0 Å². The van der Waals surface area contributed by atoms with Crippen molar-refractivity contribution in [1.29, 1.82) is 0 Å². The first-order valence-electron chi connectivity index (χ1n) is 9.72. The smallest absolute Gasteiger partial charge is 0.226 e. The first-order valence-corrected chi connectivity index (χ1v) is 9.72. The van der Waals surface area contributed by atoms with E-state index in [4.69, 9.17) is 0 Å². The maximum atomic E-state index is 13.0. The van der Waals surface area contributed by atoms with Gasteiger partial charge < -0.3 is 10.2 Å². The van der Waals surface area contributed by atoms with Crippen LogP contribution in [0.4, 0.5) is 0 Å². The molecule has 28 heavy (non-hydrogen) atoms. The second-order valence-electron chi connectivity index (χ2n) is 8.72. The molecule has 1 aliphatic heterocycles. The molecule has 152 valence electrons. The molecule has 8 heteroatoms. The minimum absolute atomic E-state index is 0.00564. The number of carbonyl (C=O) groups excluding carboxylic acids is 2. The van der Waals surface area contributed by atoms with Gasteiger partial charge in [0, 0.05) is 56.3 Å². The van der Waals surface area contributed by atoms with Gasteiger partial charge in [0.15, 0.2) is 0 Å². The maximum Gasteiger partial charge on any atom is 0.226 e. The summed E-state index contributed by atoms with van der Waals surface area (Å²) in [7, 11) is 1.84. The molecular weight excluding hydrogens is 356 g/mol. The number of nitrogens with one attached hydrogen (secondary N) is 1. The summed E-state index contributed by atoms with van der Waals surface area (Å²) in [4.78, 5) is 27.6. The van der Waals surface area contributed by atoms with E-state index in [0.29, 0.717) is 6.54 Å². The second kappa shape index (κ2) is 7.77. The van der Waals surface area contributed by atoms with Gasteiger partial charge in [-0.3, -0.25) is 19.0 Å². The number of rotatable bonds is 6. The Morgan fingerprint density at radius 3 is 2.68 bits per heavy atom. The highest BCUT2D eigenvalue weighted by atomic mass is 16.2. The van der Waals surface area contributed by atoms with Crippen LogP contribution in [0, 0.1) is 11.8 Å². The van der Waals surface area contributed by atoms with Gasteiger partial charge in [0.25, 0.3) is 0 Å². The normalized spacial score (nSPS) is 21.2. The number of nitrogens with zero attached hydrogens (tertiary/aromatic N) is 5. The molecule has 8 nitrogen and oxygen atoms in total. The summed E-state index contributed by atoms with van der Waals surface area (Å²) in [5.41, 5.74) is 0.521. The molecule has 2 aromatic heterocycles. The average Bonchev–Trinajstić information content (AvgIpc) is 3.32. The van der Waals surface area contributed by atoms with Crippen LogP contribution in [0.5, 0.6) is 0 Å². The van der Waals surface area contributed by atoms with Crippen LogP contribution in [-0.2, 0) is 23.2 Å². The first kappa shape index (κ1) is 20.1. The highest BCUT2D eigenvalue weighted by Gasteiger charge is 2.48. The summed E-state index contributed by atoms with van der Waals surface area (Å²) in [6.45, 7) is 9.35. The molecule has 1 saturated heterocycles. The molecule has 3 rings (SSSR count). The Morgan fingerprint density at radius 2 is 2.11 bits per heavy atom. The highest BCUT2D eigenvalue weighted by molar-refractivity contribution is 5.90. The molecule has 2 amide bonds. The Balaban J connectivity index is 1.73. The standard InChI is InChI=1S/C20H30N6O2/c1-14(12-25-8-6-7-22-25)10-21-19(28)16-9-17(27)26(20(2,3)4)18(16)15-11-23-24(5)13-15/h6-8,11,13-14,16,18H,9-10,12H2,1-5H3,(H,21,28)/t14-,16-,18-/m1/s1. The van der Waals surface area contributed by atoms with Crippen molar-refractivity contribution in [2.24, 2.45) is 18.9 Å². The Morgan fingerprint density at radius 1 is 1.36 bits per heavy atom. The molecule has 0 aliphatic carbocycles. The zero-order valence-corrected chi connectivity index (χ0v) is 17.3. The number of aromatic nitrogens is 4. The molecule has 3 heterocycles. The third-order valence-corrected chi connectivity index (χ3v) is 5.13. The predicted molar refractivity (Wildman–Crippen MR) is 105 cm³/mol. The number of aryl methyl sites for hydroxylation is 1. The predicted octanol–water partition coefficient (Wildman–Crippen LogP) is 1.76. The van der Waals surface area contributed by atoms with E-state index in [1.165, 1.54) is 0 Å². The number of hydrogen-bond donors (Lipinski definition) is 1. The van der Waals surface area contributed by atoms with E-state index in [0.717, 1.165) is 12.1 Å². The Bertz CT molecular complexity index is 820. The van der Waals surface area contributed by atoms with Crippen molar-refractivity contribution in [2.45, 2.75) is 52.2 Å². The fourth-order valence-corrected chi connectivity index (χ4v) is 3.93. The summed E-state index contributed by atoms with van der Waals surface area (Å²) in [5.74, 6) is -0.267. The van der Waals surface area contributed by atoms with Crippen molar-refractivity contribution >= 4 is 11.8 Å². The maximum absolute atomic E-state index is 13.0. The van der Waals surface area contributed by atoms with Crippen LogP contribution in [-0.4, -0.2) is 48.4 Å². The summed E-state index contributed by atoms with van der Waals surface area (Å²) in [6.07, 6.45) is 7.52. The second-order valence-corrected chi connectivity index (χ2v) is 8.72. The summed E-state index contributed by atoms with van der Waals surface area (Å²) in [6, 6.07) is 1.58. The third kappa shape index (κ3) is 4.26. The fourth-order valence-electron chi connectivity index (χ4n) is 3.93. The number of carbonyl (C=O) groups is 2. The lowest BCUT2D eigenvalue weighted by Gasteiger charge is -2.38. The quantitative estimate of drug-likeness (QED) is 0.820. The molecule has 0 bridgehead atoms. The van der Waals surface area contributed by atoms with Crippen molar-refractivity contribution in [2.75, 3.05) is 6.54 Å². The molecule has 1 aliphatic rings. The topological polar surface area (TPSA) is 85.0 Å². The van der Waals surface area contributed by atoms with Crippen LogP contribution < -0.4 is 5.32 Å². The molecule has 2 aromatic rings. The van der Waals surface area contributed by atoms with Crippen LogP contribution in [0.15, 0.2) is 30.9 Å². The van der Waals surface area contributed by atoms with E-state index >= 15 is 0 Å². The van der Waals surface area contributed by atoms with Gasteiger partial charge in [0.2, 0.25) is 11.8 Å². The minimum atomic E-state index is -0.423. The number of amides is 2. The van der Waals surface area contributed by atoms with Crippen molar-refractivity contribution in [3.05, 3.63) is 36.4 Å². The summed E-state index contributed by atoms with van der Waals surface area (Å²) < 4.78 is 3.57. The summed E-state index contributed by atoms with van der Waals surface area (Å²) in [5, 5.41) is 11.5. The van der Waals surface area contributed by atoms with E-state index in [1.807, 2.05) is 55.9 Å². The zero-order valence-electron chi connectivity index (χ0n) is 17.3. The Labute approximate surface area is 165 Å². The van der Waals surface area contributed by atoms with Crippen molar-refractivity contribution in [1.82, 2.24) is 29.8 Å². The fraction of sp³-hybridized carbons (Fsp3) is 0.600. The molecule has 0 unspecified atom stereocenters. The van der Waals surface area contributed by atoms with E-state index in [9.17, 15) is 9.59 Å². The van der Waals surface area contributed by atoms with Gasteiger partial charge in [-0.25, -0.2) is 0 Å². The monoisotopic (exact) mass is 386 g/mol. The van der Waals surface area contributed by atoms with Crippen molar-refractivity contribution in [3.63, 3.8) is 0 Å². The molecule has 1 N–H and O–H groups in total. The van der Waals surface area contributed by atoms with Crippen LogP contribution in [0.25, 0.3) is 0 Å². The van der Waals surface area contributed by atoms with Crippen molar-refractivity contribution < 1.29 is 9.59 Å². The largest absolute Gasteiger partial charge is 0.355 e. The highest BCUT2D eigenvalue weighted by Crippen LogP contribution is 2.42. The third-order valence-electron chi connectivity index (χ3n) is 5.13. The van der Waals surface area contributed by atoms with Gasteiger partial charge in [-0.2, -0.15) is 10.2 Å². The lowest BCUT2D eigenvalue weighted by atomic mass is 9.92. The molecular formula is C20H30N6O2. The molecule has 3 atom stereocenters. The molecule has 0 aromatic carbocycles. The van der Waals surface area contributed by atoms with Gasteiger partial charge in [-0.05, 0) is 32.8 Å². The molecule has 0 radical (unpaired) electrons. The number of hydrogen-bond acceptors (Lipinski definition) is 4. The van der Waals surface area contributed by atoms with Gasteiger partial charge in [-0.15, -0.1) is 0 Å². The van der Waals surface area contributed by atoms with E-state index < -0.39 is 5.92 Å². The van der Waals surface area contributed by atoms with Crippen LogP contribution in [0.2, 0.25) is 0 Å². The lowest BCUT2D eigenvalue weighted by molar-refractivity contribution is -0.133. The lowest BCUT2D eigenvalue weighted by Crippen LogP contribution is -2.45. The molecule has 0 spiro atoms. The molecule has 0 saturated carbocycles. The van der Waals surface area contributed by atoms with Crippen LogP contribution >= 0.6 is 0 Å². The molecule has 1 fully saturated rings. The van der Waals surface area contributed by atoms with Crippen LogP contribution in [0.3, 0.4) is 0 Å².